The molecule has 0 fully saturated rings. The van der Waals surface area contributed by atoms with Crippen molar-refractivity contribution in [1.29, 1.82) is 0 Å². The molecule has 24 heavy (non-hydrogen) atoms. The smallest absolute Gasteiger partial charge is 0.223 e. The summed E-state index contributed by atoms with van der Waals surface area (Å²) in [5.74, 6) is -0.253. The topological polar surface area (TPSA) is 82.3 Å². The summed E-state index contributed by atoms with van der Waals surface area (Å²) in [6, 6.07) is 0.855. The maximum atomic E-state index is 12.3. The second-order valence-electron chi connectivity index (χ2n) is 7.07. The molecule has 150 valence electrons. The highest BCUT2D eigenvalue weighted by atomic mass is 16.2. The molecule has 0 aliphatic carbocycles. The summed E-state index contributed by atoms with van der Waals surface area (Å²) in [4.78, 5) is 24.4. The Morgan fingerprint density at radius 2 is 1.46 bits per heavy atom. The van der Waals surface area contributed by atoms with Crippen LogP contribution in [0.1, 0.15) is 60.1 Å². The van der Waals surface area contributed by atoms with Crippen LogP contribution in [-0.4, -0.2) is 50.1 Å². The Bertz CT molecular complexity index is 375. The molecule has 2 amide bonds. The SMILES string of the molecule is CCC(C)NCCNC(=O)CC(C(=O)NCCNC(C)C)C(C)C.[HH].[HH].[HH].[HH]. The first-order chi connectivity index (χ1) is 11.3. The van der Waals surface area contributed by atoms with Gasteiger partial charge in [0.05, 0.1) is 0 Å². The Labute approximate surface area is 153 Å². The third kappa shape index (κ3) is 11.4. The Hall–Kier alpha value is -1.14. The molecule has 0 bridgehead atoms. The largest absolute Gasteiger partial charge is 0.355 e. The molecule has 2 atom stereocenters. The van der Waals surface area contributed by atoms with Crippen LogP contribution < -0.4 is 21.3 Å². The average Bonchev–Trinajstić information content (AvgIpc) is 2.52. The van der Waals surface area contributed by atoms with Crippen molar-refractivity contribution < 1.29 is 15.3 Å². The highest BCUT2D eigenvalue weighted by Gasteiger charge is 2.24. The maximum absolute atomic E-state index is 12.3. The van der Waals surface area contributed by atoms with Crippen molar-refractivity contribution in [2.75, 3.05) is 26.2 Å². The van der Waals surface area contributed by atoms with Gasteiger partial charge < -0.3 is 21.3 Å². The summed E-state index contributed by atoms with van der Waals surface area (Å²) in [5, 5.41) is 12.4. The second kappa shape index (κ2) is 13.2. The molecule has 0 aliphatic rings. The molecule has 0 rings (SSSR count). The monoisotopic (exact) mass is 350 g/mol. The van der Waals surface area contributed by atoms with Crippen molar-refractivity contribution in [3.8, 4) is 0 Å². The molecule has 0 aromatic heterocycles. The van der Waals surface area contributed by atoms with Crippen LogP contribution in [-0.2, 0) is 9.59 Å². The zero-order valence-corrected chi connectivity index (χ0v) is 16.4. The average molecular weight is 351 g/mol. The summed E-state index contributed by atoms with van der Waals surface area (Å²) in [7, 11) is 0. The van der Waals surface area contributed by atoms with Gasteiger partial charge in [-0.15, -0.1) is 0 Å². The maximum Gasteiger partial charge on any atom is 0.223 e. The lowest BCUT2D eigenvalue weighted by atomic mass is 9.91. The molecular weight excluding hydrogens is 304 g/mol. The van der Waals surface area contributed by atoms with Crippen LogP contribution in [0.2, 0.25) is 0 Å². The first kappa shape index (κ1) is 22.9. The fourth-order valence-corrected chi connectivity index (χ4v) is 2.25. The number of nitrogens with one attached hydrogen (secondary N) is 4. The van der Waals surface area contributed by atoms with Gasteiger partial charge >= 0.3 is 0 Å². The Balaban J connectivity index is -0.000000441. The van der Waals surface area contributed by atoms with E-state index in [4.69, 9.17) is 0 Å². The minimum atomic E-state index is -0.286. The highest BCUT2D eigenvalue weighted by molar-refractivity contribution is 5.85. The van der Waals surface area contributed by atoms with Gasteiger partial charge in [0.2, 0.25) is 11.8 Å². The molecule has 4 N–H and O–H groups in total. The first-order valence-corrected chi connectivity index (χ1v) is 9.29. The van der Waals surface area contributed by atoms with Gasteiger partial charge in [-0.05, 0) is 19.3 Å². The molecule has 2 unspecified atom stereocenters. The fraction of sp³-hybridized carbons (Fsp3) is 0.889. The third-order valence-corrected chi connectivity index (χ3v) is 4.08. The van der Waals surface area contributed by atoms with E-state index in [0.29, 0.717) is 25.2 Å². The van der Waals surface area contributed by atoms with Crippen molar-refractivity contribution in [3.05, 3.63) is 0 Å². The number of hydrogen-bond acceptors (Lipinski definition) is 4. The summed E-state index contributed by atoms with van der Waals surface area (Å²) < 4.78 is 0. The van der Waals surface area contributed by atoms with Gasteiger partial charge in [0.25, 0.3) is 0 Å². The quantitative estimate of drug-likeness (QED) is 0.384. The number of carbonyl (C=O) groups is 2. The number of carbonyl (C=O) groups excluding carboxylic acids is 2. The Kier molecular flexibility index (Phi) is 12.6. The molecule has 0 aromatic carbocycles. The highest BCUT2D eigenvalue weighted by Crippen LogP contribution is 2.15. The van der Waals surface area contributed by atoms with Crippen molar-refractivity contribution in [2.24, 2.45) is 11.8 Å². The number of amides is 2. The van der Waals surface area contributed by atoms with Crippen LogP contribution in [0.15, 0.2) is 0 Å². The first-order valence-electron chi connectivity index (χ1n) is 9.29. The minimum absolute atomic E-state index is 0. The number of hydrogen-bond donors (Lipinski definition) is 4. The van der Waals surface area contributed by atoms with Crippen molar-refractivity contribution in [2.45, 2.75) is 66.5 Å². The molecule has 0 aliphatic heterocycles. The van der Waals surface area contributed by atoms with Crippen molar-refractivity contribution in [3.63, 3.8) is 0 Å². The zero-order chi connectivity index (χ0) is 18.5. The Morgan fingerprint density at radius 3 is 2.00 bits per heavy atom. The van der Waals surface area contributed by atoms with E-state index in [-0.39, 0.29) is 35.8 Å². The lowest BCUT2D eigenvalue weighted by Crippen LogP contribution is -2.41. The number of rotatable bonds is 13. The van der Waals surface area contributed by atoms with Crippen LogP contribution in [0.3, 0.4) is 0 Å². The zero-order valence-electron chi connectivity index (χ0n) is 16.4. The summed E-state index contributed by atoms with van der Waals surface area (Å²) >= 11 is 0. The van der Waals surface area contributed by atoms with E-state index in [9.17, 15) is 9.59 Å². The molecule has 6 heteroatoms. The Morgan fingerprint density at radius 1 is 0.875 bits per heavy atom. The summed E-state index contributed by atoms with van der Waals surface area (Å²) in [6.45, 7) is 15.0. The van der Waals surface area contributed by atoms with E-state index >= 15 is 0 Å². The molecule has 6 nitrogen and oxygen atoms in total. The summed E-state index contributed by atoms with van der Waals surface area (Å²) in [6.07, 6.45) is 1.31. The second-order valence-corrected chi connectivity index (χ2v) is 7.07. The van der Waals surface area contributed by atoms with E-state index in [0.717, 1.165) is 19.5 Å². The molecule has 0 spiro atoms. The van der Waals surface area contributed by atoms with Crippen LogP contribution in [0.4, 0.5) is 0 Å². The molecule has 0 saturated heterocycles. The van der Waals surface area contributed by atoms with Crippen LogP contribution in [0.5, 0.6) is 0 Å². The van der Waals surface area contributed by atoms with Crippen LogP contribution in [0, 0.1) is 11.8 Å². The van der Waals surface area contributed by atoms with E-state index in [2.05, 4.69) is 49.0 Å². The van der Waals surface area contributed by atoms with E-state index in [1.165, 1.54) is 0 Å². The van der Waals surface area contributed by atoms with E-state index < -0.39 is 0 Å². The summed E-state index contributed by atoms with van der Waals surface area (Å²) in [5.41, 5.74) is 0. The van der Waals surface area contributed by atoms with E-state index in [1.54, 1.807) is 0 Å². The lowest BCUT2D eigenvalue weighted by molar-refractivity contribution is -0.131. The van der Waals surface area contributed by atoms with Crippen molar-refractivity contribution in [1.82, 2.24) is 21.3 Å². The molecule has 0 saturated carbocycles. The normalized spacial score (nSPS) is 13.8. The van der Waals surface area contributed by atoms with Crippen LogP contribution >= 0.6 is 0 Å². The van der Waals surface area contributed by atoms with Gasteiger partial charge in [-0.3, -0.25) is 9.59 Å². The van der Waals surface area contributed by atoms with Crippen molar-refractivity contribution >= 4 is 11.8 Å². The van der Waals surface area contributed by atoms with E-state index in [1.807, 2.05) is 13.8 Å². The van der Waals surface area contributed by atoms with Crippen LogP contribution in [0.25, 0.3) is 0 Å². The third-order valence-electron chi connectivity index (χ3n) is 4.08. The molecule has 0 radical (unpaired) electrons. The van der Waals surface area contributed by atoms with Gasteiger partial charge in [-0.2, -0.15) is 0 Å². The van der Waals surface area contributed by atoms with Gasteiger partial charge in [0.1, 0.15) is 0 Å². The molecule has 0 heterocycles. The predicted octanol–water partition coefficient (Wildman–Crippen LogP) is 2.25. The van der Waals surface area contributed by atoms with Gasteiger partial charge in [-0.1, -0.05) is 34.6 Å². The molecular formula is C18H46N4O2. The standard InChI is InChI=1S/C18H38N4O2.4H2/c1-7-15(6)20-9-10-21-17(23)12-16(13(2)3)18(24)22-11-8-19-14(4)5;;;;/h13-16,19-20H,7-12H2,1-6H3,(H,21,23)(H,22,24);4*1H. The molecule has 0 aromatic rings. The lowest BCUT2D eigenvalue weighted by Gasteiger charge is -2.20. The fourth-order valence-electron chi connectivity index (χ4n) is 2.25. The predicted molar refractivity (Wildman–Crippen MR) is 108 cm³/mol. The minimum Gasteiger partial charge on any atom is -0.355 e. The van der Waals surface area contributed by atoms with Gasteiger partial charge in [0.15, 0.2) is 0 Å². The van der Waals surface area contributed by atoms with Gasteiger partial charge in [-0.25, -0.2) is 0 Å². The van der Waals surface area contributed by atoms with Gasteiger partial charge in [0, 0.05) is 56.3 Å².